The fourth-order valence-corrected chi connectivity index (χ4v) is 1.75. The highest BCUT2D eigenvalue weighted by Gasteiger charge is 1.94. The number of nitriles is 1. The first-order valence-electron chi connectivity index (χ1n) is 6.25. The Kier molecular flexibility index (Phi) is 6.85. The van der Waals surface area contributed by atoms with E-state index in [0.717, 1.165) is 44.5 Å². The van der Waals surface area contributed by atoms with Crippen LogP contribution in [0.3, 0.4) is 0 Å². The normalized spacial score (nSPS) is 10.1. The van der Waals surface area contributed by atoms with Crippen molar-refractivity contribution in [3.05, 3.63) is 29.8 Å². The fourth-order valence-electron chi connectivity index (χ4n) is 1.75. The van der Waals surface area contributed by atoms with Gasteiger partial charge in [-0.25, -0.2) is 0 Å². The Bertz CT molecular complexity index is 355. The lowest BCUT2D eigenvalue weighted by Gasteiger charge is -2.04. The van der Waals surface area contributed by atoms with E-state index in [0.29, 0.717) is 6.42 Å². The molecule has 0 unspecified atom stereocenters. The number of nitrogen functional groups attached to an aromatic ring is 1. The van der Waals surface area contributed by atoms with Gasteiger partial charge in [-0.3, -0.25) is 0 Å². The number of hydrogen-bond acceptors (Lipinski definition) is 3. The molecule has 1 rings (SSSR count). The lowest BCUT2D eigenvalue weighted by molar-refractivity contribution is 0.608. The zero-order chi connectivity index (χ0) is 12.3. The summed E-state index contributed by atoms with van der Waals surface area (Å²) in [5.74, 6) is 0. The number of rotatable bonds is 8. The first kappa shape index (κ1) is 13.5. The van der Waals surface area contributed by atoms with E-state index >= 15 is 0 Å². The molecule has 1 aromatic carbocycles. The van der Waals surface area contributed by atoms with Gasteiger partial charge in [0.1, 0.15) is 0 Å². The van der Waals surface area contributed by atoms with Gasteiger partial charge < -0.3 is 11.1 Å². The van der Waals surface area contributed by atoms with Crippen LogP contribution < -0.4 is 11.1 Å². The van der Waals surface area contributed by atoms with Gasteiger partial charge in [0.25, 0.3) is 0 Å². The number of aryl methyl sites for hydroxylation is 1. The van der Waals surface area contributed by atoms with E-state index < -0.39 is 0 Å². The third-order valence-corrected chi connectivity index (χ3v) is 2.66. The average Bonchev–Trinajstić information content (AvgIpc) is 2.33. The van der Waals surface area contributed by atoms with E-state index in [4.69, 9.17) is 11.0 Å². The summed E-state index contributed by atoms with van der Waals surface area (Å²) < 4.78 is 0. The van der Waals surface area contributed by atoms with Gasteiger partial charge in [0.15, 0.2) is 0 Å². The minimum atomic E-state index is 0.672. The summed E-state index contributed by atoms with van der Waals surface area (Å²) in [5.41, 5.74) is 7.86. The fraction of sp³-hybridized carbons (Fsp3) is 0.500. The van der Waals surface area contributed by atoms with Gasteiger partial charge >= 0.3 is 0 Å². The molecule has 0 aliphatic carbocycles. The Hall–Kier alpha value is -1.53. The third-order valence-electron chi connectivity index (χ3n) is 2.66. The van der Waals surface area contributed by atoms with E-state index in [-0.39, 0.29) is 0 Å². The second-order valence-electron chi connectivity index (χ2n) is 4.21. The zero-order valence-corrected chi connectivity index (χ0v) is 10.3. The monoisotopic (exact) mass is 231 g/mol. The molecular formula is C14H21N3. The summed E-state index contributed by atoms with van der Waals surface area (Å²) in [4.78, 5) is 0. The second kappa shape index (κ2) is 8.60. The average molecular weight is 231 g/mol. The molecule has 0 radical (unpaired) electrons. The Morgan fingerprint density at radius 3 is 2.76 bits per heavy atom. The van der Waals surface area contributed by atoms with Crippen LogP contribution in [-0.4, -0.2) is 13.1 Å². The van der Waals surface area contributed by atoms with Crippen LogP contribution in [0, 0.1) is 11.3 Å². The van der Waals surface area contributed by atoms with Gasteiger partial charge in [-0.15, -0.1) is 0 Å². The molecule has 17 heavy (non-hydrogen) atoms. The maximum absolute atomic E-state index is 8.37. The summed E-state index contributed by atoms with van der Waals surface area (Å²) in [5, 5.41) is 11.8. The van der Waals surface area contributed by atoms with E-state index in [1.165, 1.54) is 5.56 Å². The molecule has 0 saturated heterocycles. The highest BCUT2D eigenvalue weighted by molar-refractivity contribution is 5.40. The molecule has 0 bridgehead atoms. The van der Waals surface area contributed by atoms with Crippen LogP contribution in [-0.2, 0) is 6.42 Å². The Morgan fingerprint density at radius 1 is 1.18 bits per heavy atom. The summed E-state index contributed by atoms with van der Waals surface area (Å²) in [6, 6.07) is 10.2. The largest absolute Gasteiger partial charge is 0.399 e. The molecule has 0 heterocycles. The smallest absolute Gasteiger partial charge is 0.0621 e. The van der Waals surface area contributed by atoms with Gasteiger partial charge in [-0.1, -0.05) is 12.1 Å². The molecule has 92 valence electrons. The molecule has 0 aliphatic rings. The van der Waals surface area contributed by atoms with Gasteiger partial charge in [0, 0.05) is 12.1 Å². The van der Waals surface area contributed by atoms with Crippen LogP contribution in [0.2, 0.25) is 0 Å². The molecule has 0 aromatic heterocycles. The number of anilines is 1. The Labute approximate surface area is 104 Å². The van der Waals surface area contributed by atoms with Crippen LogP contribution in [0.15, 0.2) is 24.3 Å². The predicted molar refractivity (Wildman–Crippen MR) is 71.5 cm³/mol. The summed E-state index contributed by atoms with van der Waals surface area (Å²) in [6.45, 7) is 2.04. The van der Waals surface area contributed by atoms with E-state index in [1.807, 2.05) is 18.2 Å². The van der Waals surface area contributed by atoms with Crippen molar-refractivity contribution in [3.8, 4) is 6.07 Å². The maximum atomic E-state index is 8.37. The van der Waals surface area contributed by atoms with Gasteiger partial charge in [-0.2, -0.15) is 5.26 Å². The molecule has 0 fully saturated rings. The van der Waals surface area contributed by atoms with Crippen molar-refractivity contribution in [1.29, 1.82) is 5.26 Å². The standard InChI is InChI=1S/C14H21N3/c15-9-2-1-3-10-17-11-5-7-13-6-4-8-14(16)12-13/h4,6,8,12,17H,1-3,5,7,10-11,16H2. The van der Waals surface area contributed by atoms with Crippen molar-refractivity contribution in [2.45, 2.75) is 32.1 Å². The first-order chi connectivity index (χ1) is 8.33. The maximum Gasteiger partial charge on any atom is 0.0621 e. The highest BCUT2D eigenvalue weighted by atomic mass is 14.8. The van der Waals surface area contributed by atoms with E-state index in [9.17, 15) is 0 Å². The van der Waals surface area contributed by atoms with Crippen molar-refractivity contribution in [2.24, 2.45) is 0 Å². The zero-order valence-electron chi connectivity index (χ0n) is 10.3. The molecule has 0 saturated carbocycles. The molecule has 0 amide bonds. The van der Waals surface area contributed by atoms with Crippen molar-refractivity contribution < 1.29 is 0 Å². The minimum Gasteiger partial charge on any atom is -0.399 e. The number of nitrogens with two attached hydrogens (primary N) is 1. The topological polar surface area (TPSA) is 61.8 Å². The van der Waals surface area contributed by atoms with Crippen LogP contribution in [0.4, 0.5) is 5.69 Å². The van der Waals surface area contributed by atoms with E-state index in [1.54, 1.807) is 0 Å². The number of nitrogens with zero attached hydrogens (tertiary/aromatic N) is 1. The van der Waals surface area contributed by atoms with Gasteiger partial charge in [-0.05, 0) is 56.5 Å². The molecule has 0 spiro atoms. The molecule has 3 N–H and O–H groups in total. The SMILES string of the molecule is N#CCCCCNCCCc1cccc(N)c1. The summed E-state index contributed by atoms with van der Waals surface area (Å²) in [6.07, 6.45) is 4.95. The predicted octanol–water partition coefficient (Wildman–Crippen LogP) is 2.48. The first-order valence-corrected chi connectivity index (χ1v) is 6.25. The molecular weight excluding hydrogens is 210 g/mol. The molecule has 3 heteroatoms. The highest BCUT2D eigenvalue weighted by Crippen LogP contribution is 2.08. The van der Waals surface area contributed by atoms with Crippen molar-refractivity contribution in [1.82, 2.24) is 5.32 Å². The van der Waals surface area contributed by atoms with Crippen LogP contribution in [0.25, 0.3) is 0 Å². The van der Waals surface area contributed by atoms with E-state index in [2.05, 4.69) is 17.5 Å². The number of nitrogens with one attached hydrogen (secondary N) is 1. The van der Waals surface area contributed by atoms with Crippen molar-refractivity contribution >= 4 is 5.69 Å². The van der Waals surface area contributed by atoms with Crippen LogP contribution in [0.1, 0.15) is 31.2 Å². The molecule has 3 nitrogen and oxygen atoms in total. The molecule has 0 aliphatic heterocycles. The third kappa shape index (κ3) is 6.60. The molecule has 1 aromatic rings. The Balaban J connectivity index is 1.99. The second-order valence-corrected chi connectivity index (χ2v) is 4.21. The van der Waals surface area contributed by atoms with Gasteiger partial charge in [0.05, 0.1) is 6.07 Å². The molecule has 0 atom stereocenters. The minimum absolute atomic E-state index is 0.672. The summed E-state index contributed by atoms with van der Waals surface area (Å²) >= 11 is 0. The van der Waals surface area contributed by atoms with Crippen molar-refractivity contribution in [2.75, 3.05) is 18.8 Å². The number of hydrogen-bond donors (Lipinski definition) is 2. The Morgan fingerprint density at radius 2 is 2.00 bits per heavy atom. The summed E-state index contributed by atoms with van der Waals surface area (Å²) in [7, 11) is 0. The number of unbranched alkanes of at least 4 members (excludes halogenated alkanes) is 2. The lowest BCUT2D eigenvalue weighted by atomic mass is 10.1. The lowest BCUT2D eigenvalue weighted by Crippen LogP contribution is -2.17. The quantitative estimate of drug-likeness (QED) is 0.533. The van der Waals surface area contributed by atoms with Crippen molar-refractivity contribution in [3.63, 3.8) is 0 Å². The van der Waals surface area contributed by atoms with Gasteiger partial charge in [0.2, 0.25) is 0 Å². The van der Waals surface area contributed by atoms with Crippen LogP contribution in [0.5, 0.6) is 0 Å². The number of benzene rings is 1. The van der Waals surface area contributed by atoms with Crippen LogP contribution >= 0.6 is 0 Å².